The number of aryl methyl sites for hydroxylation is 2. The summed E-state index contributed by atoms with van der Waals surface area (Å²) in [7, 11) is 2.00. The van der Waals surface area contributed by atoms with Crippen LogP contribution in [0.3, 0.4) is 0 Å². The lowest BCUT2D eigenvalue weighted by atomic mass is 9.84. The molecule has 1 nitrogen and oxygen atoms in total. The largest absolute Gasteiger partial charge is 0.370 e. The molecule has 278 valence electrons. The Bertz CT molecular complexity index is 1890. The van der Waals surface area contributed by atoms with Crippen LogP contribution in [0.15, 0.2) is 114 Å². The zero-order chi connectivity index (χ0) is 38.2. The minimum Gasteiger partial charge on any atom is -0.370 e. The SMILES string of the molecule is C/C=C\c1c(/C(=C(/C)CC)c2ccccc2CC)ccc2c1ccc1cc(C)ccc12.CC(C)C.CCC.CN1C=CC=CC1C(CF)=C1CCC1. The third-order valence-corrected chi connectivity index (χ3v) is 9.52. The molecule has 4 aromatic carbocycles. The van der Waals surface area contributed by atoms with Gasteiger partial charge in [-0.2, -0.15) is 0 Å². The number of rotatable bonds is 7. The van der Waals surface area contributed by atoms with Gasteiger partial charge in [0.25, 0.3) is 0 Å². The van der Waals surface area contributed by atoms with Crippen molar-refractivity contribution in [3.8, 4) is 0 Å². The van der Waals surface area contributed by atoms with E-state index >= 15 is 0 Å². The molecule has 1 saturated carbocycles. The standard InChI is InChI=1S/C31H32.C12H16FN.C4H10.C3H8/c1-6-11-27-29-17-15-24-20-21(4)14-16-25(24)28(29)18-19-30(27)31(22(5)7-2)26-13-10-9-12-23(26)8-3;1-14-8-3-2-7-12(14)11(9-13)10-5-4-6-10;1-4(2)3;1-3-2/h6,9-20H,7-8H2,1-5H3;2-3,7-8,12H,4-6,9H2,1H3;4H,1-3H3;3H2,1-2H3/b11-6-,31-22-;;;. The second-order valence-corrected chi connectivity index (χ2v) is 14.8. The smallest absolute Gasteiger partial charge is 0.113 e. The highest BCUT2D eigenvalue weighted by atomic mass is 19.1. The number of fused-ring (bicyclic) bond motifs is 3. The van der Waals surface area contributed by atoms with E-state index in [1.807, 2.05) is 25.4 Å². The van der Waals surface area contributed by atoms with E-state index < -0.39 is 0 Å². The fourth-order valence-corrected chi connectivity index (χ4v) is 6.71. The summed E-state index contributed by atoms with van der Waals surface area (Å²) in [5, 5.41) is 5.28. The molecule has 4 aromatic rings. The van der Waals surface area contributed by atoms with Gasteiger partial charge in [0.2, 0.25) is 0 Å². The first-order valence-corrected chi connectivity index (χ1v) is 19.8. The first kappa shape index (κ1) is 42.2. The maximum absolute atomic E-state index is 12.9. The zero-order valence-electron chi connectivity index (χ0n) is 34.2. The Morgan fingerprint density at radius 1 is 0.865 bits per heavy atom. The van der Waals surface area contributed by atoms with Crippen molar-refractivity contribution in [2.24, 2.45) is 5.92 Å². The lowest BCUT2D eigenvalue weighted by molar-refractivity contribution is 0.382. The molecule has 0 saturated heterocycles. The molecule has 0 N–H and O–H groups in total. The van der Waals surface area contributed by atoms with E-state index in [2.05, 4.69) is 159 Å². The molecule has 1 unspecified atom stereocenters. The van der Waals surface area contributed by atoms with Crippen LogP contribution in [0.5, 0.6) is 0 Å². The minimum absolute atomic E-state index is 0.153. The second kappa shape index (κ2) is 21.4. The Labute approximate surface area is 316 Å². The molecule has 1 fully saturated rings. The Kier molecular flexibility index (Phi) is 17.4. The number of hydrogen-bond donors (Lipinski definition) is 0. The van der Waals surface area contributed by atoms with Crippen LogP contribution >= 0.6 is 0 Å². The van der Waals surface area contributed by atoms with Crippen LogP contribution in [0.4, 0.5) is 4.39 Å². The summed E-state index contributed by atoms with van der Waals surface area (Å²) in [5.74, 6) is 0.833. The van der Waals surface area contributed by atoms with Crippen LogP contribution in [0.1, 0.15) is 122 Å². The number of alkyl halides is 1. The first-order chi connectivity index (χ1) is 25.1. The van der Waals surface area contributed by atoms with Gasteiger partial charge in [-0.05, 0) is 126 Å². The topological polar surface area (TPSA) is 3.24 Å². The summed E-state index contributed by atoms with van der Waals surface area (Å²) in [4.78, 5) is 2.07. The number of hydrogen-bond acceptors (Lipinski definition) is 1. The van der Waals surface area contributed by atoms with Crippen LogP contribution in [0.25, 0.3) is 33.2 Å². The Hall–Kier alpha value is -4.17. The van der Waals surface area contributed by atoms with E-state index in [1.54, 1.807) is 0 Å². The third kappa shape index (κ3) is 10.9. The average molecular weight is 700 g/mol. The number of likely N-dealkylation sites (N-methyl/N-ethyl adjacent to an activating group) is 1. The summed E-state index contributed by atoms with van der Waals surface area (Å²) in [6, 6.07) is 25.1. The first-order valence-electron chi connectivity index (χ1n) is 19.8. The fraction of sp³-hybridized carbons (Fsp3) is 0.400. The van der Waals surface area contributed by atoms with Gasteiger partial charge in [-0.1, -0.05) is 163 Å². The average Bonchev–Trinajstić information content (AvgIpc) is 3.11. The predicted octanol–water partition coefficient (Wildman–Crippen LogP) is 15.0. The molecule has 0 amide bonds. The van der Waals surface area contributed by atoms with E-state index in [-0.39, 0.29) is 12.7 Å². The van der Waals surface area contributed by atoms with Crippen molar-refractivity contribution in [1.29, 1.82) is 0 Å². The molecular formula is C50H66FN. The molecule has 2 heteroatoms. The van der Waals surface area contributed by atoms with E-state index in [0.29, 0.717) is 0 Å². The van der Waals surface area contributed by atoms with Gasteiger partial charge in [-0.15, -0.1) is 0 Å². The molecule has 1 aliphatic carbocycles. The van der Waals surface area contributed by atoms with E-state index in [9.17, 15) is 4.39 Å². The molecule has 52 heavy (non-hydrogen) atoms. The van der Waals surface area contributed by atoms with Gasteiger partial charge in [-0.3, -0.25) is 0 Å². The van der Waals surface area contributed by atoms with E-state index in [4.69, 9.17) is 0 Å². The monoisotopic (exact) mass is 700 g/mol. The van der Waals surface area contributed by atoms with Gasteiger partial charge >= 0.3 is 0 Å². The Balaban J connectivity index is 0.000000286. The highest BCUT2D eigenvalue weighted by Crippen LogP contribution is 2.39. The molecule has 0 bridgehead atoms. The lowest BCUT2D eigenvalue weighted by Gasteiger charge is -2.32. The normalized spacial score (nSPS) is 15.4. The van der Waals surface area contributed by atoms with Crippen molar-refractivity contribution in [2.75, 3.05) is 13.7 Å². The predicted molar refractivity (Wildman–Crippen MR) is 232 cm³/mol. The molecule has 1 aliphatic heterocycles. The third-order valence-electron chi connectivity index (χ3n) is 9.52. The maximum atomic E-state index is 12.9. The van der Waals surface area contributed by atoms with Gasteiger partial charge in [0.15, 0.2) is 0 Å². The zero-order valence-corrected chi connectivity index (χ0v) is 34.2. The molecule has 2 aliphatic rings. The molecular weight excluding hydrogens is 634 g/mol. The van der Waals surface area contributed by atoms with Gasteiger partial charge in [0.05, 0.1) is 6.04 Å². The molecule has 6 rings (SSSR count). The van der Waals surface area contributed by atoms with Gasteiger partial charge in [0.1, 0.15) is 6.67 Å². The van der Waals surface area contributed by atoms with Gasteiger partial charge < -0.3 is 4.90 Å². The molecule has 1 atom stereocenters. The van der Waals surface area contributed by atoms with Crippen molar-refractivity contribution in [1.82, 2.24) is 4.90 Å². The summed E-state index contributed by atoms with van der Waals surface area (Å²) >= 11 is 0. The lowest BCUT2D eigenvalue weighted by Crippen LogP contribution is -2.31. The van der Waals surface area contributed by atoms with Crippen molar-refractivity contribution in [3.05, 3.63) is 142 Å². The van der Waals surface area contributed by atoms with Crippen LogP contribution < -0.4 is 0 Å². The molecule has 0 aromatic heterocycles. The second-order valence-electron chi connectivity index (χ2n) is 14.8. The summed E-state index contributed by atoms with van der Waals surface area (Å²) in [6.45, 7) is 21.5. The molecule has 0 radical (unpaired) electrons. The summed E-state index contributed by atoms with van der Waals surface area (Å²) < 4.78 is 12.9. The minimum atomic E-state index is -0.303. The van der Waals surface area contributed by atoms with Crippen LogP contribution in [-0.2, 0) is 6.42 Å². The molecule has 0 spiro atoms. The van der Waals surface area contributed by atoms with Crippen LogP contribution in [0.2, 0.25) is 0 Å². The Morgan fingerprint density at radius 2 is 1.52 bits per heavy atom. The molecule has 1 heterocycles. The van der Waals surface area contributed by atoms with Crippen molar-refractivity contribution >= 4 is 33.2 Å². The van der Waals surface area contributed by atoms with E-state index in [1.165, 1.54) is 78.9 Å². The van der Waals surface area contributed by atoms with Crippen molar-refractivity contribution in [2.45, 2.75) is 114 Å². The highest BCUT2D eigenvalue weighted by molar-refractivity contribution is 6.11. The Morgan fingerprint density at radius 3 is 2.10 bits per heavy atom. The number of benzene rings is 4. The van der Waals surface area contributed by atoms with E-state index in [0.717, 1.165) is 37.2 Å². The van der Waals surface area contributed by atoms with Gasteiger partial charge in [-0.25, -0.2) is 4.39 Å². The van der Waals surface area contributed by atoms with Gasteiger partial charge in [0, 0.05) is 7.05 Å². The summed E-state index contributed by atoms with van der Waals surface area (Å²) in [6.07, 6.45) is 19.3. The number of allylic oxidation sites excluding steroid dienone is 5. The van der Waals surface area contributed by atoms with Crippen molar-refractivity contribution in [3.63, 3.8) is 0 Å². The maximum Gasteiger partial charge on any atom is 0.113 e. The van der Waals surface area contributed by atoms with Crippen LogP contribution in [0, 0.1) is 12.8 Å². The quantitative estimate of drug-likeness (QED) is 0.137. The van der Waals surface area contributed by atoms with Crippen LogP contribution in [-0.4, -0.2) is 24.7 Å². The number of halogens is 1. The summed E-state index contributed by atoms with van der Waals surface area (Å²) in [5.41, 5.74) is 11.9. The number of nitrogens with zero attached hydrogens (tertiary/aromatic N) is 1. The fourth-order valence-electron chi connectivity index (χ4n) is 6.71. The van der Waals surface area contributed by atoms with Crippen molar-refractivity contribution < 1.29 is 4.39 Å². The highest BCUT2D eigenvalue weighted by Gasteiger charge is 2.23.